The summed E-state index contributed by atoms with van der Waals surface area (Å²) in [6, 6.07) is 4.97. The van der Waals surface area contributed by atoms with Gasteiger partial charge in [0.2, 0.25) is 0 Å². The maximum absolute atomic E-state index is 12.5. The Hall–Kier alpha value is -1.82. The molecule has 1 aromatic rings. The third kappa shape index (κ3) is 5.18. The fraction of sp³-hybridized carbons (Fsp3) is 0.438. The smallest absolute Gasteiger partial charge is 0.373 e. The first-order valence-corrected chi connectivity index (χ1v) is 7.31. The van der Waals surface area contributed by atoms with Gasteiger partial charge in [0.1, 0.15) is 0 Å². The highest BCUT2D eigenvalue weighted by Gasteiger charge is 2.30. The molecule has 0 aliphatic carbocycles. The normalized spacial score (nSPS) is 15.9. The highest BCUT2D eigenvalue weighted by Crippen LogP contribution is 2.30. The lowest BCUT2D eigenvalue weighted by atomic mass is 10.1. The summed E-state index contributed by atoms with van der Waals surface area (Å²) < 4.78 is 37.5. The number of rotatable bonds is 3. The zero-order valence-corrected chi connectivity index (χ0v) is 13.0. The zero-order chi connectivity index (χ0) is 16.6. The van der Waals surface area contributed by atoms with Gasteiger partial charge < -0.3 is 10.2 Å². The summed E-state index contributed by atoms with van der Waals surface area (Å²) in [5, 5.41) is 3.23. The molecule has 0 bridgehead atoms. The highest BCUT2D eigenvalue weighted by molar-refractivity contribution is 5.67. The van der Waals surface area contributed by atoms with Crippen LogP contribution in [0.1, 0.15) is 25.0 Å². The van der Waals surface area contributed by atoms with Crippen molar-refractivity contribution in [2.75, 3.05) is 26.2 Å². The molecular weight excluding hydrogens is 291 g/mol. The first kappa shape index (κ1) is 18.2. The third-order valence-corrected chi connectivity index (χ3v) is 3.13. The van der Waals surface area contributed by atoms with Gasteiger partial charge in [-0.3, -0.25) is 4.99 Å². The van der Waals surface area contributed by atoms with Gasteiger partial charge in [-0.05, 0) is 18.9 Å². The summed E-state index contributed by atoms with van der Waals surface area (Å²) in [6.45, 7) is 11.0. The lowest BCUT2D eigenvalue weighted by Gasteiger charge is -2.26. The minimum Gasteiger partial charge on any atom is -0.373 e. The van der Waals surface area contributed by atoms with E-state index in [1.807, 2.05) is 20.0 Å². The predicted molar refractivity (Wildman–Crippen MR) is 84.8 cm³/mol. The summed E-state index contributed by atoms with van der Waals surface area (Å²) in [5.41, 5.74) is 0.555. The highest BCUT2D eigenvalue weighted by atomic mass is 19.4. The van der Waals surface area contributed by atoms with E-state index in [2.05, 4.69) is 21.9 Å². The molecule has 1 aliphatic rings. The number of nitrogens with zero attached hydrogens (tertiary/aromatic N) is 2. The lowest BCUT2D eigenvalue weighted by Crippen LogP contribution is -2.40. The molecule has 0 saturated carbocycles. The third-order valence-electron chi connectivity index (χ3n) is 3.13. The van der Waals surface area contributed by atoms with Crippen molar-refractivity contribution in [3.8, 4) is 0 Å². The molecule has 1 fully saturated rings. The molecule has 22 heavy (non-hydrogen) atoms. The molecule has 0 radical (unpaired) electrons. The van der Waals surface area contributed by atoms with Gasteiger partial charge in [-0.2, -0.15) is 13.2 Å². The van der Waals surface area contributed by atoms with Crippen molar-refractivity contribution in [3.63, 3.8) is 0 Å². The average Bonchev–Trinajstić information content (AvgIpc) is 2.55. The van der Waals surface area contributed by atoms with Gasteiger partial charge in [0, 0.05) is 37.9 Å². The van der Waals surface area contributed by atoms with Crippen molar-refractivity contribution in [2.24, 2.45) is 4.99 Å². The first-order chi connectivity index (χ1) is 10.5. The fourth-order valence-corrected chi connectivity index (χ4v) is 2.02. The number of nitrogens with one attached hydrogen (secondary N) is 1. The van der Waals surface area contributed by atoms with E-state index in [-0.39, 0.29) is 0 Å². The van der Waals surface area contributed by atoms with Crippen molar-refractivity contribution < 1.29 is 13.2 Å². The first-order valence-electron chi connectivity index (χ1n) is 7.31. The summed E-state index contributed by atoms with van der Waals surface area (Å²) >= 11 is 0. The Balaban J connectivity index is 0.00000116. The average molecular weight is 313 g/mol. The molecule has 1 saturated heterocycles. The SMILES string of the molecule is C=N/C(=C\N1CCNCC1)c1ccc(C(F)(F)F)cc1.CC. The Labute approximate surface area is 129 Å². The van der Waals surface area contributed by atoms with Crippen LogP contribution in [0, 0.1) is 0 Å². The van der Waals surface area contributed by atoms with Crippen LogP contribution in [0.15, 0.2) is 35.5 Å². The van der Waals surface area contributed by atoms with Crippen LogP contribution in [0.2, 0.25) is 0 Å². The van der Waals surface area contributed by atoms with Gasteiger partial charge >= 0.3 is 6.18 Å². The Kier molecular flexibility index (Phi) is 7.11. The quantitative estimate of drug-likeness (QED) is 0.863. The number of hydrogen-bond acceptors (Lipinski definition) is 3. The van der Waals surface area contributed by atoms with Crippen molar-refractivity contribution in [1.29, 1.82) is 0 Å². The van der Waals surface area contributed by atoms with Crippen molar-refractivity contribution in [2.45, 2.75) is 20.0 Å². The van der Waals surface area contributed by atoms with E-state index in [9.17, 15) is 13.2 Å². The van der Waals surface area contributed by atoms with E-state index in [1.165, 1.54) is 12.1 Å². The molecule has 0 amide bonds. The summed E-state index contributed by atoms with van der Waals surface area (Å²) in [4.78, 5) is 5.99. The van der Waals surface area contributed by atoms with E-state index in [0.29, 0.717) is 11.3 Å². The fourth-order valence-electron chi connectivity index (χ4n) is 2.02. The van der Waals surface area contributed by atoms with Gasteiger partial charge in [0.25, 0.3) is 0 Å². The van der Waals surface area contributed by atoms with Crippen LogP contribution in [0.25, 0.3) is 5.70 Å². The monoisotopic (exact) mass is 313 g/mol. The number of piperazine rings is 1. The second-order valence-electron chi connectivity index (χ2n) is 4.53. The molecule has 1 N–H and O–H groups in total. The topological polar surface area (TPSA) is 27.6 Å². The second kappa shape index (κ2) is 8.58. The van der Waals surface area contributed by atoms with Crippen LogP contribution in [0.5, 0.6) is 0 Å². The number of alkyl halides is 3. The molecule has 6 heteroatoms. The van der Waals surface area contributed by atoms with Crippen LogP contribution in [-0.4, -0.2) is 37.8 Å². The zero-order valence-electron chi connectivity index (χ0n) is 13.0. The predicted octanol–water partition coefficient (Wildman–Crippen LogP) is 3.64. The Morgan fingerprint density at radius 1 is 1.18 bits per heavy atom. The van der Waals surface area contributed by atoms with Crippen LogP contribution < -0.4 is 5.32 Å². The second-order valence-corrected chi connectivity index (χ2v) is 4.53. The summed E-state index contributed by atoms with van der Waals surface area (Å²) in [7, 11) is 0. The molecule has 2 rings (SSSR count). The Bertz CT molecular complexity index is 486. The van der Waals surface area contributed by atoms with Gasteiger partial charge in [0.05, 0.1) is 11.3 Å². The van der Waals surface area contributed by atoms with Crippen LogP contribution in [-0.2, 0) is 6.18 Å². The number of aliphatic imine (C=N–C) groups is 1. The molecule has 1 aliphatic heterocycles. The van der Waals surface area contributed by atoms with Gasteiger partial charge in [-0.15, -0.1) is 0 Å². The number of benzene rings is 1. The molecule has 0 spiro atoms. The van der Waals surface area contributed by atoms with Crippen LogP contribution in [0.3, 0.4) is 0 Å². The van der Waals surface area contributed by atoms with Gasteiger partial charge in [-0.1, -0.05) is 26.0 Å². The van der Waals surface area contributed by atoms with Crippen LogP contribution >= 0.6 is 0 Å². The molecule has 0 atom stereocenters. The number of halogens is 3. The number of hydrogen-bond donors (Lipinski definition) is 1. The molecule has 1 aromatic carbocycles. The minimum atomic E-state index is -4.32. The molecule has 1 heterocycles. The van der Waals surface area contributed by atoms with Crippen molar-refractivity contribution in [1.82, 2.24) is 10.2 Å². The van der Waals surface area contributed by atoms with E-state index in [1.54, 1.807) is 0 Å². The van der Waals surface area contributed by atoms with E-state index < -0.39 is 11.7 Å². The maximum atomic E-state index is 12.5. The Morgan fingerprint density at radius 3 is 2.18 bits per heavy atom. The maximum Gasteiger partial charge on any atom is 0.416 e. The molecule has 3 nitrogen and oxygen atoms in total. The minimum absolute atomic E-state index is 0.584. The lowest BCUT2D eigenvalue weighted by molar-refractivity contribution is -0.137. The van der Waals surface area contributed by atoms with Crippen LogP contribution in [0.4, 0.5) is 13.2 Å². The molecular formula is C16H22F3N3. The van der Waals surface area contributed by atoms with Crippen molar-refractivity contribution >= 4 is 12.4 Å². The van der Waals surface area contributed by atoms with Crippen molar-refractivity contribution in [3.05, 3.63) is 41.6 Å². The van der Waals surface area contributed by atoms with Gasteiger partial charge in [-0.25, -0.2) is 0 Å². The Morgan fingerprint density at radius 2 is 1.73 bits per heavy atom. The summed E-state index contributed by atoms with van der Waals surface area (Å²) in [6.07, 6.45) is -2.47. The molecule has 122 valence electrons. The molecule has 0 unspecified atom stereocenters. The van der Waals surface area contributed by atoms with E-state index in [0.717, 1.165) is 38.3 Å². The van der Waals surface area contributed by atoms with E-state index >= 15 is 0 Å². The largest absolute Gasteiger partial charge is 0.416 e. The standard InChI is InChI=1S/C14H16F3N3.C2H6/c1-18-13(10-20-8-6-19-7-9-20)11-2-4-12(5-3-11)14(15,16)17;1-2/h2-5,10,19H,1,6-9H2;1-2H3/b13-10-;. The van der Waals surface area contributed by atoms with E-state index in [4.69, 9.17) is 0 Å². The summed E-state index contributed by atoms with van der Waals surface area (Å²) in [5.74, 6) is 0. The van der Waals surface area contributed by atoms with Gasteiger partial charge in [0.15, 0.2) is 0 Å². The molecule has 0 aromatic heterocycles.